The highest BCUT2D eigenvalue weighted by Gasteiger charge is 2.65. The van der Waals surface area contributed by atoms with Crippen LogP contribution in [0.5, 0.6) is 0 Å². The Bertz CT molecular complexity index is 1320. The molecule has 0 aliphatic carbocycles. The van der Waals surface area contributed by atoms with E-state index in [-0.39, 0.29) is 5.78 Å². The van der Waals surface area contributed by atoms with E-state index in [9.17, 15) is 19.2 Å². The molecular formula is C26H19FN4O2. The molecule has 2 N–H and O–H groups in total. The average Bonchev–Trinajstić information content (AvgIpc) is 3.16. The summed E-state index contributed by atoms with van der Waals surface area (Å²) in [6.07, 6.45) is 6.47. The number of hydrogen-bond donors (Lipinski definition) is 1. The standard InChI is InChI=1S/C26H19FN4O2/c27-19-9-10-20-17(13-19)8-11-21-26(15-28,25(29)33)22(18-7-4-12-30-14-18)23(31(20)21)24(32)16-5-2-1-3-6-16/h1-14,21-23H,(H2,29,33)/t21-,22+,23+,26+/m0/s1. The van der Waals surface area contributed by atoms with Crippen LogP contribution in [-0.4, -0.2) is 28.8 Å². The van der Waals surface area contributed by atoms with Crippen molar-refractivity contribution < 1.29 is 14.0 Å². The fourth-order valence-electron chi connectivity index (χ4n) is 5.16. The number of benzene rings is 2. The Hall–Kier alpha value is -4.31. The Kier molecular flexibility index (Phi) is 4.79. The first kappa shape index (κ1) is 20.6. The summed E-state index contributed by atoms with van der Waals surface area (Å²) >= 11 is 0. The van der Waals surface area contributed by atoms with Crippen LogP contribution in [0.4, 0.5) is 10.1 Å². The first-order valence-corrected chi connectivity index (χ1v) is 10.5. The van der Waals surface area contributed by atoms with Crippen LogP contribution in [0.3, 0.4) is 0 Å². The number of halogens is 1. The monoisotopic (exact) mass is 438 g/mol. The maximum atomic E-state index is 14.0. The summed E-state index contributed by atoms with van der Waals surface area (Å²) in [6, 6.07) is 16.8. The lowest BCUT2D eigenvalue weighted by atomic mass is 9.68. The molecule has 0 saturated carbocycles. The number of hydrogen-bond acceptors (Lipinski definition) is 5. The van der Waals surface area contributed by atoms with Crippen LogP contribution < -0.4 is 10.6 Å². The normalized spacial score (nSPS) is 25.1. The van der Waals surface area contributed by atoms with Crippen LogP contribution in [-0.2, 0) is 4.79 Å². The van der Waals surface area contributed by atoms with Gasteiger partial charge in [0.1, 0.15) is 11.9 Å². The maximum absolute atomic E-state index is 14.0. The van der Waals surface area contributed by atoms with Gasteiger partial charge in [-0.2, -0.15) is 5.26 Å². The van der Waals surface area contributed by atoms with Gasteiger partial charge in [-0.15, -0.1) is 0 Å². The van der Waals surface area contributed by atoms with Crippen molar-refractivity contribution in [1.29, 1.82) is 5.26 Å². The maximum Gasteiger partial charge on any atom is 0.241 e. The van der Waals surface area contributed by atoms with Gasteiger partial charge < -0.3 is 10.6 Å². The van der Waals surface area contributed by atoms with E-state index in [0.29, 0.717) is 22.4 Å². The molecule has 162 valence electrons. The van der Waals surface area contributed by atoms with Crippen molar-refractivity contribution in [2.75, 3.05) is 4.90 Å². The Morgan fingerprint density at radius 2 is 1.91 bits per heavy atom. The van der Waals surface area contributed by atoms with Gasteiger partial charge >= 0.3 is 0 Å². The van der Waals surface area contributed by atoms with Crippen LogP contribution in [0.1, 0.15) is 27.4 Å². The number of aromatic nitrogens is 1. The van der Waals surface area contributed by atoms with Crippen LogP contribution in [0.25, 0.3) is 6.08 Å². The second-order valence-corrected chi connectivity index (χ2v) is 8.20. The largest absolute Gasteiger partial charge is 0.368 e. The molecule has 3 heterocycles. The van der Waals surface area contributed by atoms with Gasteiger partial charge in [0.05, 0.1) is 12.1 Å². The number of carbonyl (C=O) groups excluding carboxylic acids is 2. The van der Waals surface area contributed by atoms with Crippen LogP contribution in [0.15, 0.2) is 79.1 Å². The zero-order valence-electron chi connectivity index (χ0n) is 17.4. The molecule has 1 fully saturated rings. The zero-order chi connectivity index (χ0) is 23.2. The van der Waals surface area contributed by atoms with Crippen molar-refractivity contribution in [3.8, 4) is 6.07 Å². The molecule has 7 heteroatoms. The quantitative estimate of drug-likeness (QED) is 0.629. The first-order valence-electron chi connectivity index (χ1n) is 10.5. The van der Waals surface area contributed by atoms with Gasteiger partial charge in [0, 0.05) is 35.1 Å². The summed E-state index contributed by atoms with van der Waals surface area (Å²) in [7, 11) is 0. The highest BCUT2D eigenvalue weighted by atomic mass is 19.1. The summed E-state index contributed by atoms with van der Waals surface area (Å²) in [4.78, 5) is 32.9. The molecule has 2 aromatic carbocycles. The minimum Gasteiger partial charge on any atom is -0.368 e. The number of nitrogens with two attached hydrogens (primary N) is 1. The number of Topliss-reactive ketones (excluding diaryl/α,β-unsaturated/α-hetero) is 1. The van der Waals surface area contributed by atoms with E-state index in [1.165, 1.54) is 12.1 Å². The van der Waals surface area contributed by atoms with Crippen LogP contribution in [0.2, 0.25) is 0 Å². The van der Waals surface area contributed by atoms with Crippen LogP contribution >= 0.6 is 0 Å². The van der Waals surface area contributed by atoms with Crippen molar-refractivity contribution in [2.45, 2.75) is 18.0 Å². The minimum absolute atomic E-state index is 0.265. The predicted octanol–water partition coefficient (Wildman–Crippen LogP) is 3.47. The second-order valence-electron chi connectivity index (χ2n) is 8.20. The molecule has 1 aromatic heterocycles. The van der Waals surface area contributed by atoms with E-state index in [2.05, 4.69) is 11.1 Å². The van der Waals surface area contributed by atoms with Gasteiger partial charge in [0.25, 0.3) is 0 Å². The topological polar surface area (TPSA) is 100 Å². The number of primary amides is 1. The van der Waals surface area contributed by atoms with E-state index in [4.69, 9.17) is 5.73 Å². The van der Waals surface area contributed by atoms with E-state index in [0.717, 1.165) is 0 Å². The molecule has 3 aromatic rings. The van der Waals surface area contributed by atoms with E-state index < -0.39 is 35.1 Å². The third kappa shape index (κ3) is 2.95. The Balaban J connectivity index is 1.81. The van der Waals surface area contributed by atoms with Crippen molar-refractivity contribution in [2.24, 2.45) is 11.1 Å². The number of carbonyl (C=O) groups is 2. The van der Waals surface area contributed by atoms with Gasteiger partial charge in [-0.05, 0) is 29.8 Å². The van der Waals surface area contributed by atoms with E-state index in [1.54, 1.807) is 78.0 Å². The highest BCUT2D eigenvalue weighted by Crippen LogP contribution is 2.55. The number of nitriles is 1. The number of ketones is 1. The van der Waals surface area contributed by atoms with Crippen molar-refractivity contribution >= 4 is 23.5 Å². The second kappa shape index (κ2) is 7.68. The molecular weight excluding hydrogens is 419 g/mol. The number of fused-ring (bicyclic) bond motifs is 3. The lowest BCUT2D eigenvalue weighted by molar-refractivity contribution is -0.125. The number of amides is 1. The SMILES string of the molecule is N#C[C@]1(C(N)=O)[C@H](c2cccnc2)[C@H](C(=O)c2ccccc2)N2c3ccc(F)cc3C=C[C@H]21. The first-order chi connectivity index (χ1) is 16.0. The summed E-state index contributed by atoms with van der Waals surface area (Å²) in [5, 5.41) is 10.4. The van der Waals surface area contributed by atoms with Crippen molar-refractivity contribution in [3.05, 3.63) is 102 Å². The summed E-state index contributed by atoms with van der Waals surface area (Å²) in [6.45, 7) is 0. The molecule has 0 radical (unpaired) electrons. The Morgan fingerprint density at radius 3 is 2.58 bits per heavy atom. The summed E-state index contributed by atoms with van der Waals surface area (Å²) in [5.74, 6) is -2.41. The van der Waals surface area contributed by atoms with E-state index >= 15 is 0 Å². The molecule has 33 heavy (non-hydrogen) atoms. The van der Waals surface area contributed by atoms with E-state index in [1.807, 2.05) is 0 Å². The number of pyridine rings is 1. The lowest BCUT2D eigenvalue weighted by Gasteiger charge is -2.36. The highest BCUT2D eigenvalue weighted by molar-refractivity contribution is 6.06. The summed E-state index contributed by atoms with van der Waals surface area (Å²) < 4.78 is 14.0. The Morgan fingerprint density at radius 1 is 1.12 bits per heavy atom. The van der Waals surface area contributed by atoms with Gasteiger partial charge in [0.2, 0.25) is 5.91 Å². The third-order valence-corrected chi connectivity index (χ3v) is 6.56. The van der Waals surface area contributed by atoms with Gasteiger partial charge in [-0.3, -0.25) is 14.6 Å². The fourth-order valence-corrected chi connectivity index (χ4v) is 5.16. The molecule has 0 bridgehead atoms. The third-order valence-electron chi connectivity index (χ3n) is 6.56. The molecule has 0 spiro atoms. The zero-order valence-corrected chi connectivity index (χ0v) is 17.4. The number of nitrogens with zero attached hydrogens (tertiary/aromatic N) is 3. The molecule has 1 saturated heterocycles. The Labute approximate surface area is 189 Å². The fraction of sp³-hybridized carbons (Fsp3) is 0.154. The summed E-state index contributed by atoms with van der Waals surface area (Å²) in [5.41, 5.74) is 6.27. The van der Waals surface area contributed by atoms with Gasteiger partial charge in [0.15, 0.2) is 11.2 Å². The van der Waals surface area contributed by atoms with Crippen molar-refractivity contribution in [3.63, 3.8) is 0 Å². The smallest absolute Gasteiger partial charge is 0.241 e. The molecule has 2 aliphatic rings. The number of rotatable bonds is 4. The average molecular weight is 438 g/mol. The van der Waals surface area contributed by atoms with Crippen molar-refractivity contribution in [1.82, 2.24) is 4.98 Å². The van der Waals surface area contributed by atoms with Gasteiger partial charge in [-0.25, -0.2) is 4.39 Å². The molecule has 5 rings (SSSR count). The molecule has 4 atom stereocenters. The molecule has 1 amide bonds. The van der Waals surface area contributed by atoms with Gasteiger partial charge in [-0.1, -0.05) is 48.6 Å². The predicted molar refractivity (Wildman–Crippen MR) is 120 cm³/mol. The lowest BCUT2D eigenvalue weighted by Crippen LogP contribution is -2.49. The number of anilines is 1. The molecule has 6 nitrogen and oxygen atoms in total. The molecule has 0 unspecified atom stereocenters. The molecule has 2 aliphatic heterocycles. The minimum atomic E-state index is -1.75. The van der Waals surface area contributed by atoms with Crippen LogP contribution in [0, 0.1) is 22.6 Å².